The van der Waals surface area contributed by atoms with Crippen LogP contribution in [-0.2, 0) is 9.47 Å². The van der Waals surface area contributed by atoms with E-state index in [0.717, 1.165) is 56.2 Å². The van der Waals surface area contributed by atoms with Gasteiger partial charge in [0.05, 0.1) is 24.6 Å². The second-order valence-electron chi connectivity index (χ2n) is 10.8. The van der Waals surface area contributed by atoms with Crippen molar-refractivity contribution in [1.29, 1.82) is 5.41 Å². The fourth-order valence-corrected chi connectivity index (χ4v) is 3.78. The highest BCUT2D eigenvalue weighted by atomic mass is 32.1. The number of carbonyl (C=O) groups excluding carboxylic acids is 1. The van der Waals surface area contributed by atoms with Crippen molar-refractivity contribution in [1.82, 2.24) is 0 Å². The van der Waals surface area contributed by atoms with Gasteiger partial charge in [-0.15, -0.1) is 0 Å². The Morgan fingerprint density at radius 1 is 0.727 bits per heavy atom. The zero-order chi connectivity index (χ0) is 35.0. The summed E-state index contributed by atoms with van der Waals surface area (Å²) < 4.78 is 14.0. The summed E-state index contributed by atoms with van der Waals surface area (Å²) in [4.78, 5) is 11.2. The van der Waals surface area contributed by atoms with Crippen molar-refractivity contribution in [3.05, 3.63) is 11.6 Å². The molecule has 0 rings (SSSR count). The van der Waals surface area contributed by atoms with Gasteiger partial charge < -0.3 is 14.9 Å². The maximum Gasteiger partial charge on any atom is 0.508 e. The summed E-state index contributed by atoms with van der Waals surface area (Å²) in [5.74, 6) is 0.666. The lowest BCUT2D eigenvalue weighted by Gasteiger charge is -2.14. The van der Waals surface area contributed by atoms with Crippen molar-refractivity contribution in [3.63, 3.8) is 0 Å². The zero-order valence-electron chi connectivity index (χ0n) is 32.1. The van der Waals surface area contributed by atoms with Gasteiger partial charge in [0.25, 0.3) is 0 Å². The van der Waals surface area contributed by atoms with E-state index < -0.39 is 6.16 Å². The number of thiol groups is 1. The molecular formula is C38H80N2O3S. The molecule has 0 spiro atoms. The molecule has 6 heteroatoms. The Bertz CT molecular complexity index is 632. The van der Waals surface area contributed by atoms with Gasteiger partial charge in [0, 0.05) is 0 Å². The first-order valence-corrected chi connectivity index (χ1v) is 18.9. The second kappa shape index (κ2) is 46.1. The van der Waals surface area contributed by atoms with Crippen molar-refractivity contribution in [2.75, 3.05) is 13.2 Å². The predicted octanol–water partition coefficient (Wildman–Crippen LogP) is 14.0. The van der Waals surface area contributed by atoms with Gasteiger partial charge in [0.15, 0.2) is 0 Å². The first-order chi connectivity index (χ1) is 21.2. The van der Waals surface area contributed by atoms with Gasteiger partial charge in [-0.2, -0.15) is 0 Å². The minimum atomic E-state index is -0.515. The number of hydrogen-bond acceptors (Lipinski definition) is 6. The van der Waals surface area contributed by atoms with Crippen LogP contribution in [0.4, 0.5) is 4.79 Å². The molecule has 5 nitrogen and oxygen atoms in total. The highest BCUT2D eigenvalue weighted by molar-refractivity contribution is 7.79. The summed E-state index contributed by atoms with van der Waals surface area (Å²) in [6, 6.07) is 0. The summed E-state index contributed by atoms with van der Waals surface area (Å²) >= 11 is 4.01. The van der Waals surface area contributed by atoms with Gasteiger partial charge in [-0.05, 0) is 55.9 Å². The Labute approximate surface area is 283 Å². The number of unbranched alkanes of at least 4 members (excludes halogenated alkanes) is 10. The predicted molar refractivity (Wildman–Crippen MR) is 204 cm³/mol. The third-order valence-corrected chi connectivity index (χ3v) is 7.13. The molecule has 0 radical (unpaired) electrons. The average molecular weight is 645 g/mol. The van der Waals surface area contributed by atoms with E-state index in [9.17, 15) is 4.79 Å². The molecule has 44 heavy (non-hydrogen) atoms. The van der Waals surface area contributed by atoms with Crippen LogP contribution in [0.5, 0.6) is 0 Å². The van der Waals surface area contributed by atoms with E-state index in [0.29, 0.717) is 24.8 Å². The standard InChI is InChI=1S/C14H28O3.C13H24N2S.C7H16.2C2H6/c1-4-6-7-8-9-10-11-16-14(15)17-12-13(3)5-2;1-5-8-9-11(7-3)13(15-16)12(14)10(4)6-2;1-3-5-7-6-4-2;2*1-2/h13H,4-12H2,1-3H3;9-10,14,16H,5-8H2,1-4H3;3-7H2,1-2H3;2*1-2H3/b;11-9+,14-12?,15-13-;;;. The normalized spacial score (nSPS) is 12.0. The number of hydrogen-bond donors (Lipinski definition) is 2. The molecule has 0 saturated heterocycles. The van der Waals surface area contributed by atoms with Crippen molar-refractivity contribution in [2.45, 2.75) is 193 Å². The van der Waals surface area contributed by atoms with Gasteiger partial charge in [0.1, 0.15) is 0 Å². The van der Waals surface area contributed by atoms with Crippen molar-refractivity contribution in [3.8, 4) is 0 Å². The SMILES string of the molecule is CC.CC.CCC/C=C(CC)/C(=N/S)C(=N)C(C)CC.CCCCCCC.CCCCCCCCOC(=O)OCC(C)CC. The summed E-state index contributed by atoms with van der Waals surface area (Å²) in [7, 11) is 0. The molecule has 0 aromatic carbocycles. The Balaban J connectivity index is -0.000000174. The minimum Gasteiger partial charge on any atom is -0.434 e. The van der Waals surface area contributed by atoms with Crippen LogP contribution in [0.15, 0.2) is 16.0 Å². The average Bonchev–Trinajstić information content (AvgIpc) is 3.07. The lowest BCUT2D eigenvalue weighted by molar-refractivity contribution is 0.0445. The molecule has 0 fully saturated rings. The van der Waals surface area contributed by atoms with Crippen LogP contribution >= 0.6 is 12.8 Å². The quantitative estimate of drug-likeness (QED) is 0.0565. The highest BCUT2D eigenvalue weighted by Gasteiger charge is 2.16. The Kier molecular flexibility index (Phi) is 54.8. The molecule has 266 valence electrons. The van der Waals surface area contributed by atoms with E-state index in [1.54, 1.807) is 0 Å². The van der Waals surface area contributed by atoms with Crippen LogP contribution in [0.25, 0.3) is 0 Å². The van der Waals surface area contributed by atoms with Crippen LogP contribution in [0.1, 0.15) is 193 Å². The fourth-order valence-electron chi connectivity index (χ4n) is 3.54. The van der Waals surface area contributed by atoms with Crippen LogP contribution in [0.2, 0.25) is 0 Å². The van der Waals surface area contributed by atoms with Crippen LogP contribution in [0, 0.1) is 17.2 Å². The van der Waals surface area contributed by atoms with E-state index in [-0.39, 0.29) is 5.92 Å². The molecule has 0 aromatic heterocycles. The third kappa shape index (κ3) is 38.7. The molecule has 0 aliphatic carbocycles. The Morgan fingerprint density at radius 2 is 1.20 bits per heavy atom. The molecule has 0 aromatic rings. The number of carbonyl (C=O) groups is 1. The van der Waals surface area contributed by atoms with Crippen LogP contribution < -0.4 is 0 Å². The van der Waals surface area contributed by atoms with Gasteiger partial charge in [-0.25, -0.2) is 9.19 Å². The van der Waals surface area contributed by atoms with Crippen LogP contribution in [0.3, 0.4) is 0 Å². The van der Waals surface area contributed by atoms with Gasteiger partial charge in [0.2, 0.25) is 0 Å². The van der Waals surface area contributed by atoms with Crippen molar-refractivity contribution < 1.29 is 14.3 Å². The fraction of sp³-hybridized carbons (Fsp3) is 0.868. The first-order valence-electron chi connectivity index (χ1n) is 18.5. The summed E-state index contributed by atoms with van der Waals surface area (Å²) in [5.41, 5.74) is 2.54. The smallest absolute Gasteiger partial charge is 0.434 e. The molecule has 0 aliphatic heterocycles. The van der Waals surface area contributed by atoms with E-state index >= 15 is 0 Å². The van der Waals surface area contributed by atoms with E-state index in [1.807, 2.05) is 27.7 Å². The Morgan fingerprint density at radius 3 is 1.61 bits per heavy atom. The van der Waals surface area contributed by atoms with E-state index in [1.165, 1.54) is 57.8 Å². The van der Waals surface area contributed by atoms with Gasteiger partial charge >= 0.3 is 6.16 Å². The van der Waals surface area contributed by atoms with Crippen LogP contribution in [-0.4, -0.2) is 30.8 Å². The van der Waals surface area contributed by atoms with E-state index in [2.05, 4.69) is 85.6 Å². The lowest BCUT2D eigenvalue weighted by atomic mass is 9.93. The molecule has 1 N–H and O–H groups in total. The minimum absolute atomic E-state index is 0.252. The van der Waals surface area contributed by atoms with Gasteiger partial charge in [-0.1, -0.05) is 173 Å². The topological polar surface area (TPSA) is 71.7 Å². The monoisotopic (exact) mass is 645 g/mol. The van der Waals surface area contributed by atoms with Crippen molar-refractivity contribution >= 4 is 30.4 Å². The molecule has 0 heterocycles. The maximum atomic E-state index is 11.2. The highest BCUT2D eigenvalue weighted by Crippen LogP contribution is 2.14. The molecule has 0 bridgehead atoms. The molecule has 2 unspecified atom stereocenters. The summed E-state index contributed by atoms with van der Waals surface area (Å²) in [6.07, 6.45) is 20.9. The molecule has 0 aliphatic rings. The van der Waals surface area contributed by atoms with Crippen molar-refractivity contribution in [2.24, 2.45) is 16.2 Å². The maximum absolute atomic E-state index is 11.2. The zero-order valence-corrected chi connectivity index (χ0v) is 33.0. The second-order valence-corrected chi connectivity index (χ2v) is 11.0. The molecule has 0 amide bonds. The molecule has 0 saturated carbocycles. The molecule has 2 atom stereocenters. The third-order valence-electron chi connectivity index (χ3n) is 6.93. The number of rotatable bonds is 21. The number of nitrogens with zero attached hydrogens (tertiary/aromatic N) is 1. The summed E-state index contributed by atoms with van der Waals surface area (Å²) in [5, 5.41) is 8.10. The molecular weight excluding hydrogens is 564 g/mol. The number of nitrogens with one attached hydrogen (secondary N) is 1. The number of allylic oxidation sites excluding steroid dienone is 2. The first kappa shape index (κ1) is 52.2. The summed E-state index contributed by atoms with van der Waals surface area (Å²) in [6.45, 7) is 28.2. The van der Waals surface area contributed by atoms with Gasteiger partial charge in [-0.3, -0.25) is 0 Å². The lowest BCUT2D eigenvalue weighted by Crippen LogP contribution is -2.22. The van der Waals surface area contributed by atoms with E-state index in [4.69, 9.17) is 14.9 Å². The number of ether oxygens (including phenoxy) is 2. The Hall–Kier alpha value is -1.30. The largest absolute Gasteiger partial charge is 0.508 e.